The van der Waals surface area contributed by atoms with Gasteiger partial charge in [0.25, 0.3) is 0 Å². The SMILES string of the molecule is CCCC(CCC)c1ccc(OCc2ccc(C3=CCC(CO)S3)cc2)cc1. The first-order valence-corrected chi connectivity index (χ1v) is 11.4. The predicted octanol–water partition coefficient (Wildman–Crippen LogP) is 6.79. The zero-order valence-electron chi connectivity index (χ0n) is 17.1. The monoisotopic (exact) mass is 396 g/mol. The minimum atomic E-state index is 0.243. The normalized spacial score (nSPS) is 16.4. The largest absolute Gasteiger partial charge is 0.489 e. The topological polar surface area (TPSA) is 29.5 Å². The molecule has 0 bridgehead atoms. The molecule has 1 aliphatic rings. The van der Waals surface area contributed by atoms with Crippen LogP contribution in [-0.2, 0) is 6.61 Å². The van der Waals surface area contributed by atoms with Crippen LogP contribution >= 0.6 is 11.8 Å². The molecule has 1 N–H and O–H groups in total. The van der Waals surface area contributed by atoms with Gasteiger partial charge in [-0.2, -0.15) is 0 Å². The lowest BCUT2D eigenvalue weighted by molar-refractivity contribution is 0.296. The number of hydrogen-bond donors (Lipinski definition) is 1. The van der Waals surface area contributed by atoms with E-state index in [1.807, 2.05) is 0 Å². The lowest BCUT2D eigenvalue weighted by Crippen LogP contribution is -2.02. The van der Waals surface area contributed by atoms with Gasteiger partial charge in [0, 0.05) is 10.2 Å². The maximum Gasteiger partial charge on any atom is 0.119 e. The zero-order chi connectivity index (χ0) is 19.8. The molecule has 3 rings (SSSR count). The van der Waals surface area contributed by atoms with E-state index in [-0.39, 0.29) is 6.61 Å². The lowest BCUT2D eigenvalue weighted by atomic mass is 9.90. The van der Waals surface area contributed by atoms with Gasteiger partial charge >= 0.3 is 0 Å². The molecular weight excluding hydrogens is 364 g/mol. The molecule has 3 heteroatoms. The van der Waals surface area contributed by atoms with Crippen LogP contribution in [0.2, 0.25) is 0 Å². The number of ether oxygens (including phenoxy) is 1. The van der Waals surface area contributed by atoms with Crippen LogP contribution < -0.4 is 4.74 Å². The Labute approximate surface area is 174 Å². The molecule has 2 aromatic carbocycles. The van der Waals surface area contributed by atoms with Crippen molar-refractivity contribution >= 4 is 16.7 Å². The highest BCUT2D eigenvalue weighted by atomic mass is 32.2. The molecule has 0 spiro atoms. The molecule has 1 aliphatic heterocycles. The van der Waals surface area contributed by atoms with E-state index in [0.717, 1.165) is 12.2 Å². The Morgan fingerprint density at radius 2 is 1.68 bits per heavy atom. The van der Waals surface area contributed by atoms with Gasteiger partial charge < -0.3 is 9.84 Å². The molecule has 1 unspecified atom stereocenters. The lowest BCUT2D eigenvalue weighted by Gasteiger charge is -2.16. The zero-order valence-corrected chi connectivity index (χ0v) is 17.9. The van der Waals surface area contributed by atoms with E-state index in [0.29, 0.717) is 17.8 Å². The molecule has 0 saturated heterocycles. The Kier molecular flexibility index (Phi) is 8.05. The molecule has 150 valence electrons. The van der Waals surface area contributed by atoms with Crippen LogP contribution in [0.15, 0.2) is 54.6 Å². The van der Waals surface area contributed by atoms with Crippen molar-refractivity contribution in [3.63, 3.8) is 0 Å². The van der Waals surface area contributed by atoms with Gasteiger partial charge in [-0.05, 0) is 54.0 Å². The van der Waals surface area contributed by atoms with Gasteiger partial charge in [0.15, 0.2) is 0 Å². The van der Waals surface area contributed by atoms with Gasteiger partial charge in [0.1, 0.15) is 12.4 Å². The Hall–Kier alpha value is -1.71. The van der Waals surface area contributed by atoms with E-state index in [1.54, 1.807) is 11.8 Å². The molecule has 0 aliphatic carbocycles. The molecule has 2 aromatic rings. The van der Waals surface area contributed by atoms with Gasteiger partial charge in [-0.1, -0.05) is 69.2 Å². The third kappa shape index (κ3) is 5.65. The van der Waals surface area contributed by atoms with E-state index < -0.39 is 0 Å². The fourth-order valence-corrected chi connectivity index (χ4v) is 4.85. The quantitative estimate of drug-likeness (QED) is 0.479. The summed E-state index contributed by atoms with van der Waals surface area (Å²) in [5.41, 5.74) is 3.83. The van der Waals surface area contributed by atoms with Crippen LogP contribution in [-0.4, -0.2) is 17.0 Å². The van der Waals surface area contributed by atoms with Crippen molar-refractivity contribution in [2.24, 2.45) is 0 Å². The Morgan fingerprint density at radius 1 is 1.00 bits per heavy atom. The number of aliphatic hydroxyl groups is 1. The molecule has 0 radical (unpaired) electrons. The molecule has 28 heavy (non-hydrogen) atoms. The van der Waals surface area contributed by atoms with Gasteiger partial charge in [-0.25, -0.2) is 0 Å². The predicted molar refractivity (Wildman–Crippen MR) is 121 cm³/mol. The number of benzene rings is 2. The fourth-order valence-electron chi connectivity index (χ4n) is 3.75. The summed E-state index contributed by atoms with van der Waals surface area (Å²) in [7, 11) is 0. The van der Waals surface area contributed by atoms with E-state index in [4.69, 9.17) is 4.74 Å². The maximum absolute atomic E-state index is 9.28. The van der Waals surface area contributed by atoms with Crippen LogP contribution in [0.3, 0.4) is 0 Å². The number of hydrogen-bond acceptors (Lipinski definition) is 3. The van der Waals surface area contributed by atoms with Crippen molar-refractivity contribution in [3.8, 4) is 5.75 Å². The summed E-state index contributed by atoms with van der Waals surface area (Å²) >= 11 is 1.77. The summed E-state index contributed by atoms with van der Waals surface area (Å²) in [6, 6.07) is 17.3. The van der Waals surface area contributed by atoms with Crippen molar-refractivity contribution in [1.29, 1.82) is 0 Å². The van der Waals surface area contributed by atoms with Crippen LogP contribution in [0, 0.1) is 0 Å². The van der Waals surface area contributed by atoms with Crippen molar-refractivity contribution < 1.29 is 9.84 Å². The fraction of sp³-hybridized carbons (Fsp3) is 0.440. The second kappa shape index (κ2) is 10.7. The number of thioether (sulfide) groups is 1. The highest BCUT2D eigenvalue weighted by molar-refractivity contribution is 8.09. The Morgan fingerprint density at radius 3 is 2.25 bits per heavy atom. The number of allylic oxidation sites excluding steroid dienone is 1. The minimum Gasteiger partial charge on any atom is -0.489 e. The van der Waals surface area contributed by atoms with Gasteiger partial charge in [-0.3, -0.25) is 0 Å². The third-order valence-electron chi connectivity index (χ3n) is 5.33. The molecule has 0 aromatic heterocycles. The van der Waals surface area contributed by atoms with E-state index >= 15 is 0 Å². The summed E-state index contributed by atoms with van der Waals surface area (Å²) < 4.78 is 5.99. The van der Waals surface area contributed by atoms with Crippen molar-refractivity contribution in [1.82, 2.24) is 0 Å². The van der Waals surface area contributed by atoms with Crippen LogP contribution in [0.4, 0.5) is 0 Å². The highest BCUT2D eigenvalue weighted by Crippen LogP contribution is 2.39. The van der Waals surface area contributed by atoms with E-state index in [2.05, 4.69) is 68.5 Å². The van der Waals surface area contributed by atoms with E-state index in [9.17, 15) is 5.11 Å². The molecular formula is C25H32O2S. The first-order valence-electron chi connectivity index (χ1n) is 10.5. The van der Waals surface area contributed by atoms with E-state index in [1.165, 1.54) is 47.3 Å². The van der Waals surface area contributed by atoms with Gasteiger partial charge in [0.2, 0.25) is 0 Å². The summed E-state index contributed by atoms with van der Waals surface area (Å²) in [5, 5.41) is 9.60. The number of aliphatic hydroxyl groups excluding tert-OH is 1. The van der Waals surface area contributed by atoms with Crippen molar-refractivity contribution in [2.75, 3.05) is 6.61 Å². The second-order valence-corrected chi connectivity index (χ2v) is 8.90. The summed E-state index contributed by atoms with van der Waals surface area (Å²) in [5.74, 6) is 1.60. The van der Waals surface area contributed by atoms with Gasteiger partial charge in [-0.15, -0.1) is 11.8 Å². The highest BCUT2D eigenvalue weighted by Gasteiger charge is 2.17. The van der Waals surface area contributed by atoms with Crippen molar-refractivity contribution in [3.05, 3.63) is 71.3 Å². The smallest absolute Gasteiger partial charge is 0.119 e. The maximum atomic E-state index is 9.28. The van der Waals surface area contributed by atoms with Crippen LogP contribution in [0.25, 0.3) is 4.91 Å². The summed E-state index contributed by atoms with van der Waals surface area (Å²) in [6.07, 6.45) is 8.16. The molecule has 2 nitrogen and oxygen atoms in total. The molecule has 1 atom stereocenters. The molecule has 0 amide bonds. The standard InChI is InChI=1S/C25H32O2S/c1-3-5-20(6-4-2)21-11-13-23(14-12-21)27-18-19-7-9-22(10-8-19)25-16-15-24(17-26)28-25/h7-14,16,20,24,26H,3-6,15,17-18H2,1-2H3. The molecule has 0 fully saturated rings. The van der Waals surface area contributed by atoms with Crippen molar-refractivity contribution in [2.45, 2.75) is 63.7 Å². The first-order chi connectivity index (χ1) is 13.7. The minimum absolute atomic E-state index is 0.243. The molecule has 0 saturated carbocycles. The second-order valence-electron chi connectivity index (χ2n) is 7.56. The average molecular weight is 397 g/mol. The number of rotatable bonds is 10. The van der Waals surface area contributed by atoms with Crippen LogP contribution in [0.1, 0.15) is 68.6 Å². The average Bonchev–Trinajstić information content (AvgIpc) is 3.22. The summed E-state index contributed by atoms with van der Waals surface area (Å²) in [4.78, 5) is 1.27. The Bertz CT molecular complexity index is 743. The first kappa shape index (κ1) is 21.0. The third-order valence-corrected chi connectivity index (χ3v) is 6.66. The van der Waals surface area contributed by atoms with Gasteiger partial charge in [0.05, 0.1) is 6.61 Å². The summed E-state index contributed by atoms with van der Waals surface area (Å²) in [6.45, 7) is 5.35. The van der Waals surface area contributed by atoms with Crippen LogP contribution in [0.5, 0.6) is 5.75 Å². The Balaban J connectivity index is 1.54. The molecule has 1 heterocycles.